The van der Waals surface area contributed by atoms with Crippen LogP contribution in [0, 0.1) is 0 Å². The molecule has 0 aromatic heterocycles. The highest BCUT2D eigenvalue weighted by Crippen LogP contribution is 2.41. The SMILES string of the molecule is CC(=O)c1ccc(/C=C(\c2ccccc2)c2ccc3c(c2)Cc2cc(/C(=C/c4ccc(C(C)=O)cc4)c4ccccc4)ccc2-3)cc1. The number of rotatable bonds is 8. The summed E-state index contributed by atoms with van der Waals surface area (Å²) in [4.78, 5) is 23.7. The van der Waals surface area contributed by atoms with E-state index in [0.717, 1.165) is 50.9 Å². The second-order valence-corrected chi connectivity index (χ2v) is 12.1. The van der Waals surface area contributed by atoms with Crippen molar-refractivity contribution in [1.82, 2.24) is 0 Å². The Kier molecular flexibility index (Phi) is 8.16. The van der Waals surface area contributed by atoms with Gasteiger partial charge in [-0.05, 0) is 99.2 Å². The van der Waals surface area contributed by atoms with E-state index >= 15 is 0 Å². The van der Waals surface area contributed by atoms with Crippen LogP contribution in [0.1, 0.15) is 79.1 Å². The van der Waals surface area contributed by atoms with Gasteiger partial charge in [0.05, 0.1) is 0 Å². The Bertz CT molecular complexity index is 2010. The smallest absolute Gasteiger partial charge is 0.159 e. The van der Waals surface area contributed by atoms with E-state index in [1.165, 1.54) is 22.3 Å². The lowest BCUT2D eigenvalue weighted by atomic mass is 9.92. The van der Waals surface area contributed by atoms with Gasteiger partial charge in [0.15, 0.2) is 11.6 Å². The first kappa shape index (κ1) is 29.8. The maximum Gasteiger partial charge on any atom is 0.159 e. The largest absolute Gasteiger partial charge is 0.295 e. The molecule has 0 N–H and O–H groups in total. The molecule has 47 heavy (non-hydrogen) atoms. The first-order valence-electron chi connectivity index (χ1n) is 16.0. The second-order valence-electron chi connectivity index (χ2n) is 12.1. The number of benzene rings is 6. The Hall–Kier alpha value is -5.86. The normalized spacial score (nSPS) is 12.4. The van der Waals surface area contributed by atoms with E-state index in [4.69, 9.17) is 0 Å². The molecular formula is C45H34O2. The van der Waals surface area contributed by atoms with Crippen LogP contribution in [0.5, 0.6) is 0 Å². The lowest BCUT2D eigenvalue weighted by molar-refractivity contribution is 0.100. The lowest BCUT2D eigenvalue weighted by Crippen LogP contribution is -1.93. The van der Waals surface area contributed by atoms with Crippen LogP contribution in [0.4, 0.5) is 0 Å². The first-order valence-corrected chi connectivity index (χ1v) is 16.0. The molecular weight excluding hydrogens is 572 g/mol. The van der Waals surface area contributed by atoms with Crippen LogP contribution < -0.4 is 0 Å². The van der Waals surface area contributed by atoms with Crippen LogP contribution in [0.3, 0.4) is 0 Å². The van der Waals surface area contributed by atoms with Gasteiger partial charge in [0.1, 0.15) is 0 Å². The van der Waals surface area contributed by atoms with Crippen molar-refractivity contribution in [2.75, 3.05) is 0 Å². The van der Waals surface area contributed by atoms with Crippen LogP contribution in [0.25, 0.3) is 34.4 Å². The Labute approximate surface area is 276 Å². The third-order valence-electron chi connectivity index (χ3n) is 8.93. The average molecular weight is 607 g/mol. The van der Waals surface area contributed by atoms with E-state index in [1.54, 1.807) is 13.8 Å². The molecule has 7 rings (SSSR count). The number of Topliss-reactive ketones (excluding diaryl/α,β-unsaturated/α-hetero) is 2. The number of ketones is 2. The van der Waals surface area contributed by atoms with Crippen LogP contribution in [-0.2, 0) is 6.42 Å². The Morgan fingerprint density at radius 3 is 1.15 bits per heavy atom. The molecule has 0 saturated carbocycles. The highest BCUT2D eigenvalue weighted by atomic mass is 16.1. The summed E-state index contributed by atoms with van der Waals surface area (Å²) in [6.07, 6.45) is 5.28. The van der Waals surface area contributed by atoms with E-state index in [-0.39, 0.29) is 11.6 Å². The van der Waals surface area contributed by atoms with Crippen LogP contribution >= 0.6 is 0 Å². The van der Waals surface area contributed by atoms with Gasteiger partial charge in [0.25, 0.3) is 0 Å². The molecule has 2 nitrogen and oxygen atoms in total. The summed E-state index contributed by atoms with van der Waals surface area (Å²) < 4.78 is 0. The fourth-order valence-electron chi connectivity index (χ4n) is 6.41. The van der Waals surface area contributed by atoms with Gasteiger partial charge in [0, 0.05) is 11.1 Å². The molecule has 6 aromatic carbocycles. The van der Waals surface area contributed by atoms with Crippen LogP contribution in [0.15, 0.2) is 146 Å². The quantitative estimate of drug-likeness (QED) is 0.127. The van der Waals surface area contributed by atoms with Crippen molar-refractivity contribution in [3.8, 4) is 11.1 Å². The molecule has 0 heterocycles. The molecule has 0 radical (unpaired) electrons. The fraction of sp³-hybridized carbons (Fsp3) is 0.0667. The summed E-state index contributed by atoms with van der Waals surface area (Å²) in [6.45, 7) is 3.19. The Morgan fingerprint density at radius 2 is 0.787 bits per heavy atom. The van der Waals surface area contributed by atoms with E-state index in [1.807, 2.05) is 60.7 Å². The molecule has 0 fully saturated rings. The predicted octanol–water partition coefficient (Wildman–Crippen LogP) is 10.8. The number of hydrogen-bond donors (Lipinski definition) is 0. The van der Waals surface area contributed by atoms with Gasteiger partial charge in [-0.25, -0.2) is 0 Å². The molecule has 226 valence electrons. The summed E-state index contributed by atoms with van der Waals surface area (Å²) in [5.74, 6) is 0.139. The minimum atomic E-state index is 0.0693. The molecule has 0 unspecified atom stereocenters. The lowest BCUT2D eigenvalue weighted by Gasteiger charge is -2.12. The van der Waals surface area contributed by atoms with Gasteiger partial charge in [-0.15, -0.1) is 0 Å². The molecule has 0 atom stereocenters. The van der Waals surface area contributed by atoms with Gasteiger partial charge in [-0.2, -0.15) is 0 Å². The van der Waals surface area contributed by atoms with E-state index in [0.29, 0.717) is 11.1 Å². The molecule has 2 heteroatoms. The first-order chi connectivity index (χ1) is 22.9. The van der Waals surface area contributed by atoms with Gasteiger partial charge < -0.3 is 0 Å². The van der Waals surface area contributed by atoms with Gasteiger partial charge in [-0.3, -0.25) is 9.59 Å². The zero-order valence-electron chi connectivity index (χ0n) is 26.5. The van der Waals surface area contributed by atoms with E-state index < -0.39 is 0 Å². The number of carbonyl (C=O) groups excluding carboxylic acids is 2. The Morgan fingerprint density at radius 1 is 0.426 bits per heavy atom. The van der Waals surface area contributed by atoms with Crippen molar-refractivity contribution in [3.63, 3.8) is 0 Å². The minimum Gasteiger partial charge on any atom is -0.295 e. The molecule has 6 aromatic rings. The molecule has 0 aliphatic heterocycles. The van der Waals surface area contributed by atoms with Crippen molar-refractivity contribution in [3.05, 3.63) is 201 Å². The summed E-state index contributed by atoms with van der Waals surface area (Å²) >= 11 is 0. The van der Waals surface area contributed by atoms with Crippen molar-refractivity contribution in [2.45, 2.75) is 20.3 Å². The molecule has 0 amide bonds. The van der Waals surface area contributed by atoms with Gasteiger partial charge in [-0.1, -0.05) is 146 Å². The van der Waals surface area contributed by atoms with Gasteiger partial charge in [0.2, 0.25) is 0 Å². The summed E-state index contributed by atoms with van der Waals surface area (Å²) in [6, 6.07) is 50.2. The molecule has 0 bridgehead atoms. The third-order valence-corrected chi connectivity index (χ3v) is 8.93. The highest BCUT2D eigenvalue weighted by molar-refractivity contribution is 5.97. The predicted molar refractivity (Wildman–Crippen MR) is 194 cm³/mol. The van der Waals surface area contributed by atoms with E-state index in [2.05, 4.69) is 97.1 Å². The average Bonchev–Trinajstić information content (AvgIpc) is 3.48. The number of fused-ring (bicyclic) bond motifs is 3. The fourth-order valence-corrected chi connectivity index (χ4v) is 6.41. The maximum atomic E-state index is 11.8. The monoisotopic (exact) mass is 606 g/mol. The maximum absolute atomic E-state index is 11.8. The van der Waals surface area contributed by atoms with Crippen molar-refractivity contribution in [1.29, 1.82) is 0 Å². The van der Waals surface area contributed by atoms with Crippen LogP contribution in [-0.4, -0.2) is 11.6 Å². The second kappa shape index (κ2) is 12.9. The molecule has 0 spiro atoms. The van der Waals surface area contributed by atoms with Gasteiger partial charge >= 0.3 is 0 Å². The summed E-state index contributed by atoms with van der Waals surface area (Å²) in [5.41, 5.74) is 15.6. The summed E-state index contributed by atoms with van der Waals surface area (Å²) in [5, 5.41) is 0. The minimum absolute atomic E-state index is 0.0693. The molecule has 1 aliphatic rings. The zero-order valence-corrected chi connectivity index (χ0v) is 26.5. The summed E-state index contributed by atoms with van der Waals surface area (Å²) in [7, 11) is 0. The topological polar surface area (TPSA) is 34.1 Å². The standard InChI is InChI=1S/C45H34O2/c1-30(46)34-17-13-32(14-18-34)25-44(36-9-5-3-6-10-36)38-21-23-42-40(27-38)29-41-28-39(22-24-43(41)42)45(37-11-7-4-8-12-37)26-33-15-19-35(20-16-33)31(2)47/h3-28H,29H2,1-2H3/b44-25+,45-26+. The number of carbonyl (C=O) groups is 2. The Balaban J connectivity index is 1.25. The molecule has 1 aliphatic carbocycles. The van der Waals surface area contributed by atoms with Crippen molar-refractivity contribution in [2.24, 2.45) is 0 Å². The third kappa shape index (κ3) is 6.32. The van der Waals surface area contributed by atoms with Crippen molar-refractivity contribution < 1.29 is 9.59 Å². The van der Waals surface area contributed by atoms with E-state index in [9.17, 15) is 9.59 Å². The number of hydrogen-bond acceptors (Lipinski definition) is 2. The van der Waals surface area contributed by atoms with Crippen molar-refractivity contribution >= 4 is 34.9 Å². The molecule has 0 saturated heterocycles. The van der Waals surface area contributed by atoms with Crippen LogP contribution in [0.2, 0.25) is 0 Å². The highest BCUT2D eigenvalue weighted by Gasteiger charge is 2.21. The zero-order chi connectivity index (χ0) is 32.3.